The Morgan fingerprint density at radius 3 is 2.47 bits per heavy atom. The van der Waals surface area contributed by atoms with Crippen LogP contribution in [0.3, 0.4) is 0 Å². The van der Waals surface area contributed by atoms with Crippen molar-refractivity contribution in [3.05, 3.63) is 59.5 Å². The first-order valence-electron chi connectivity index (χ1n) is 10.3. The zero-order chi connectivity index (χ0) is 21.3. The van der Waals surface area contributed by atoms with Crippen LogP contribution in [0.2, 0.25) is 0 Å². The van der Waals surface area contributed by atoms with Gasteiger partial charge in [0.15, 0.2) is 0 Å². The van der Waals surface area contributed by atoms with Crippen LogP contribution in [0.4, 0.5) is 10.2 Å². The van der Waals surface area contributed by atoms with Crippen LogP contribution in [0.1, 0.15) is 30.0 Å². The summed E-state index contributed by atoms with van der Waals surface area (Å²) in [5.74, 6) is 0.997. The number of carbonyl (C=O) groups excluding carboxylic acids is 1. The number of anilines is 1. The summed E-state index contributed by atoms with van der Waals surface area (Å²) in [5, 5.41) is 0. The standard InChI is InChI=1S/C22H27FN4O2S/c1-16-2-7-21(25-14-16)26-10-11-27(20(15-26)17-3-5-19(23)6-4-17)22(28)18-8-12-30(24,29)13-9-18/h2-7,14,18,20,24H,8-13,15H2,1H3. The third-order valence-corrected chi connectivity index (χ3v) is 7.87. The van der Waals surface area contributed by atoms with E-state index >= 15 is 0 Å². The number of aryl methyl sites for hydroxylation is 1. The van der Waals surface area contributed by atoms with Crippen molar-refractivity contribution in [2.24, 2.45) is 5.92 Å². The van der Waals surface area contributed by atoms with Crippen LogP contribution in [0.5, 0.6) is 0 Å². The van der Waals surface area contributed by atoms with Crippen LogP contribution in [0.25, 0.3) is 0 Å². The van der Waals surface area contributed by atoms with Crippen LogP contribution in [-0.4, -0.2) is 51.1 Å². The Balaban J connectivity index is 1.58. The summed E-state index contributed by atoms with van der Waals surface area (Å²) in [4.78, 5) is 21.9. The molecule has 1 aromatic heterocycles. The first-order valence-corrected chi connectivity index (χ1v) is 12.2. The normalized spacial score (nSPS) is 27.1. The number of benzene rings is 1. The molecule has 1 N–H and O–H groups in total. The minimum atomic E-state index is -2.53. The number of halogens is 1. The van der Waals surface area contributed by atoms with E-state index in [0.29, 0.717) is 32.5 Å². The predicted octanol–water partition coefficient (Wildman–Crippen LogP) is 3.38. The molecule has 0 radical (unpaired) electrons. The van der Waals surface area contributed by atoms with E-state index in [-0.39, 0.29) is 35.2 Å². The number of hydrogen-bond donors (Lipinski definition) is 1. The number of amides is 1. The van der Waals surface area contributed by atoms with E-state index in [9.17, 15) is 13.4 Å². The van der Waals surface area contributed by atoms with E-state index in [1.807, 2.05) is 30.2 Å². The summed E-state index contributed by atoms with van der Waals surface area (Å²) in [5.41, 5.74) is 1.98. The third kappa shape index (κ3) is 4.48. The van der Waals surface area contributed by atoms with Crippen LogP contribution in [0.15, 0.2) is 42.6 Å². The van der Waals surface area contributed by atoms with Crippen molar-refractivity contribution in [3.8, 4) is 0 Å². The van der Waals surface area contributed by atoms with Gasteiger partial charge in [0.1, 0.15) is 11.6 Å². The fraction of sp³-hybridized carbons (Fsp3) is 0.455. The van der Waals surface area contributed by atoms with Gasteiger partial charge in [-0.25, -0.2) is 13.6 Å². The number of rotatable bonds is 3. The molecule has 0 spiro atoms. The Bertz CT molecular complexity index is 994. The van der Waals surface area contributed by atoms with Gasteiger partial charge in [0.2, 0.25) is 5.91 Å². The highest BCUT2D eigenvalue weighted by Gasteiger charge is 2.37. The molecular weight excluding hydrogens is 403 g/mol. The Hall–Kier alpha value is -2.48. The first-order chi connectivity index (χ1) is 14.3. The fourth-order valence-corrected chi connectivity index (χ4v) is 5.80. The molecule has 8 heteroatoms. The van der Waals surface area contributed by atoms with Crippen molar-refractivity contribution >= 4 is 21.5 Å². The smallest absolute Gasteiger partial charge is 0.226 e. The lowest BCUT2D eigenvalue weighted by molar-refractivity contribution is -0.138. The van der Waals surface area contributed by atoms with Crippen LogP contribution < -0.4 is 4.90 Å². The summed E-state index contributed by atoms with van der Waals surface area (Å²) < 4.78 is 33.3. The summed E-state index contributed by atoms with van der Waals surface area (Å²) >= 11 is 0. The van der Waals surface area contributed by atoms with Crippen LogP contribution in [-0.2, 0) is 14.5 Å². The molecule has 1 amide bonds. The molecule has 2 aliphatic heterocycles. The minimum Gasteiger partial charge on any atom is -0.352 e. The summed E-state index contributed by atoms with van der Waals surface area (Å²) in [6, 6.07) is 10.1. The molecule has 160 valence electrons. The summed E-state index contributed by atoms with van der Waals surface area (Å²) in [6.45, 7) is 3.79. The Morgan fingerprint density at radius 2 is 1.83 bits per heavy atom. The Kier molecular flexibility index (Phi) is 5.77. The molecule has 1 aromatic carbocycles. The molecule has 0 bridgehead atoms. The molecule has 0 aliphatic carbocycles. The predicted molar refractivity (Wildman–Crippen MR) is 115 cm³/mol. The van der Waals surface area contributed by atoms with Crippen molar-refractivity contribution in [2.45, 2.75) is 25.8 Å². The Labute approximate surface area is 177 Å². The van der Waals surface area contributed by atoms with Gasteiger partial charge in [-0.2, -0.15) is 0 Å². The maximum absolute atomic E-state index is 13.5. The van der Waals surface area contributed by atoms with Gasteiger partial charge in [-0.3, -0.25) is 9.57 Å². The van der Waals surface area contributed by atoms with Crippen LogP contribution in [0, 0.1) is 23.4 Å². The van der Waals surface area contributed by atoms with Crippen molar-refractivity contribution in [1.82, 2.24) is 9.88 Å². The number of nitrogens with one attached hydrogen (secondary N) is 1. The maximum atomic E-state index is 13.5. The van der Waals surface area contributed by atoms with Gasteiger partial charge in [0.05, 0.1) is 6.04 Å². The van der Waals surface area contributed by atoms with E-state index in [2.05, 4.69) is 9.88 Å². The van der Waals surface area contributed by atoms with Crippen molar-refractivity contribution in [2.75, 3.05) is 36.0 Å². The lowest BCUT2D eigenvalue weighted by Gasteiger charge is -2.44. The van der Waals surface area contributed by atoms with Crippen LogP contribution >= 0.6 is 0 Å². The molecule has 6 nitrogen and oxygen atoms in total. The molecule has 2 aromatic rings. The largest absolute Gasteiger partial charge is 0.352 e. The number of carbonyl (C=O) groups is 1. The van der Waals surface area contributed by atoms with Gasteiger partial charge in [-0.1, -0.05) is 18.2 Å². The highest BCUT2D eigenvalue weighted by molar-refractivity contribution is 7.92. The first kappa shape index (κ1) is 20.8. The number of hydrogen-bond acceptors (Lipinski definition) is 5. The lowest BCUT2D eigenvalue weighted by atomic mass is 9.96. The van der Waals surface area contributed by atoms with Crippen molar-refractivity contribution in [3.63, 3.8) is 0 Å². The number of piperazine rings is 1. The van der Waals surface area contributed by atoms with Crippen molar-refractivity contribution in [1.29, 1.82) is 4.78 Å². The lowest BCUT2D eigenvalue weighted by Crippen LogP contribution is -2.53. The van der Waals surface area contributed by atoms with E-state index in [1.165, 1.54) is 12.1 Å². The molecule has 4 rings (SSSR count). The second-order valence-corrected chi connectivity index (χ2v) is 10.7. The monoisotopic (exact) mass is 430 g/mol. The minimum absolute atomic E-state index is 0.0516. The van der Waals surface area contributed by atoms with Gasteiger partial charge in [-0.05, 0) is 49.1 Å². The van der Waals surface area contributed by atoms with Gasteiger partial charge >= 0.3 is 0 Å². The van der Waals surface area contributed by atoms with Gasteiger partial charge in [-0.15, -0.1) is 0 Å². The summed E-state index contributed by atoms with van der Waals surface area (Å²) in [6.07, 6.45) is 2.83. The average molecular weight is 431 g/mol. The molecule has 1 atom stereocenters. The van der Waals surface area contributed by atoms with E-state index < -0.39 is 9.73 Å². The van der Waals surface area contributed by atoms with Crippen molar-refractivity contribution < 1.29 is 13.4 Å². The topological polar surface area (TPSA) is 77.4 Å². The molecule has 0 saturated carbocycles. The molecule has 2 aliphatic rings. The third-order valence-electron chi connectivity index (χ3n) is 6.08. The zero-order valence-corrected chi connectivity index (χ0v) is 17.9. The fourth-order valence-electron chi connectivity index (χ4n) is 4.27. The number of aromatic nitrogens is 1. The zero-order valence-electron chi connectivity index (χ0n) is 17.1. The number of nitrogens with zero attached hydrogens (tertiary/aromatic N) is 3. The molecule has 2 fully saturated rings. The highest BCUT2D eigenvalue weighted by Crippen LogP contribution is 2.32. The second kappa shape index (κ2) is 8.34. The maximum Gasteiger partial charge on any atom is 0.226 e. The van der Waals surface area contributed by atoms with Gasteiger partial charge < -0.3 is 9.80 Å². The molecule has 3 heterocycles. The van der Waals surface area contributed by atoms with E-state index in [1.54, 1.807) is 12.1 Å². The quantitative estimate of drug-likeness (QED) is 0.810. The molecular formula is C22H27FN4O2S. The van der Waals surface area contributed by atoms with E-state index in [0.717, 1.165) is 16.9 Å². The molecule has 2 saturated heterocycles. The molecule has 30 heavy (non-hydrogen) atoms. The second-order valence-electron chi connectivity index (χ2n) is 8.23. The highest BCUT2D eigenvalue weighted by atomic mass is 32.2. The molecule has 1 unspecified atom stereocenters. The SMILES string of the molecule is Cc1ccc(N2CCN(C(=O)C3CCS(=N)(=O)CC3)C(c3ccc(F)cc3)C2)nc1. The summed E-state index contributed by atoms with van der Waals surface area (Å²) in [7, 11) is -2.53. The van der Waals surface area contributed by atoms with Gasteiger partial charge in [0.25, 0.3) is 0 Å². The average Bonchev–Trinajstić information content (AvgIpc) is 2.74. The Morgan fingerprint density at radius 1 is 1.13 bits per heavy atom. The van der Waals surface area contributed by atoms with E-state index in [4.69, 9.17) is 4.78 Å². The number of pyridine rings is 1. The van der Waals surface area contributed by atoms with Gasteiger partial charge in [0, 0.05) is 53.0 Å².